The molecular weight excluding hydrogens is 376 g/mol. The largest absolute Gasteiger partial charge is 0.492 e. The maximum absolute atomic E-state index is 11.9. The lowest BCUT2D eigenvalue weighted by Gasteiger charge is -2.15. The summed E-state index contributed by atoms with van der Waals surface area (Å²) < 4.78 is 10.6. The summed E-state index contributed by atoms with van der Waals surface area (Å²) >= 11 is 0. The second kappa shape index (κ2) is 11.2. The van der Waals surface area contributed by atoms with Crippen LogP contribution in [0.4, 0.5) is 4.79 Å². The molecule has 1 unspecified atom stereocenters. The van der Waals surface area contributed by atoms with Gasteiger partial charge in [0.15, 0.2) is 5.96 Å². The normalized spacial score (nSPS) is 11.2. The number of rotatable bonds is 10. The van der Waals surface area contributed by atoms with Crippen LogP contribution in [0.15, 0.2) is 59.6 Å². The molecule has 6 N–H and O–H groups in total. The minimum absolute atomic E-state index is 0.00143. The highest BCUT2D eigenvalue weighted by atomic mass is 16.5. The van der Waals surface area contributed by atoms with Crippen molar-refractivity contribution in [1.82, 2.24) is 5.32 Å². The van der Waals surface area contributed by atoms with E-state index in [2.05, 4.69) is 10.3 Å². The van der Waals surface area contributed by atoms with Gasteiger partial charge in [-0.1, -0.05) is 42.5 Å². The van der Waals surface area contributed by atoms with E-state index < -0.39 is 18.1 Å². The molecule has 2 aromatic carbocycles. The third-order valence-corrected chi connectivity index (χ3v) is 3.82. The number of hydrogen-bond acceptors (Lipinski definition) is 5. The molecular formula is C20H24N4O5. The Hall–Kier alpha value is -3.75. The first kappa shape index (κ1) is 21.5. The first-order chi connectivity index (χ1) is 13.9. The molecule has 0 saturated heterocycles. The summed E-state index contributed by atoms with van der Waals surface area (Å²) in [5.41, 5.74) is 12.0. The summed E-state index contributed by atoms with van der Waals surface area (Å²) in [6, 6.07) is 14.9. The highest BCUT2D eigenvalue weighted by Gasteiger charge is 2.21. The molecule has 1 atom stereocenters. The van der Waals surface area contributed by atoms with Crippen molar-refractivity contribution < 1.29 is 24.2 Å². The summed E-state index contributed by atoms with van der Waals surface area (Å²) in [6.45, 7) is 0.703. The van der Waals surface area contributed by atoms with E-state index in [0.29, 0.717) is 18.9 Å². The molecule has 0 radical (unpaired) electrons. The molecule has 0 bridgehead atoms. The number of aliphatic imine (C=N–C) groups is 1. The number of alkyl carbamates (subject to hydrolysis) is 1. The van der Waals surface area contributed by atoms with Gasteiger partial charge in [0.25, 0.3) is 0 Å². The number of guanidine groups is 1. The van der Waals surface area contributed by atoms with E-state index in [0.717, 1.165) is 11.1 Å². The number of carbonyl (C=O) groups is 2. The topological polar surface area (TPSA) is 149 Å². The smallest absolute Gasteiger partial charge is 0.408 e. The Labute approximate surface area is 168 Å². The lowest BCUT2D eigenvalue weighted by Crippen LogP contribution is -2.42. The van der Waals surface area contributed by atoms with Gasteiger partial charge < -0.3 is 31.4 Å². The average molecular weight is 400 g/mol. The van der Waals surface area contributed by atoms with Gasteiger partial charge >= 0.3 is 12.1 Å². The zero-order valence-electron chi connectivity index (χ0n) is 15.8. The van der Waals surface area contributed by atoms with Gasteiger partial charge in [0.1, 0.15) is 25.0 Å². The van der Waals surface area contributed by atoms with E-state index in [4.69, 9.17) is 20.9 Å². The van der Waals surface area contributed by atoms with Crippen molar-refractivity contribution in [3.05, 3.63) is 65.7 Å². The fourth-order valence-corrected chi connectivity index (χ4v) is 2.40. The Morgan fingerprint density at radius 2 is 1.72 bits per heavy atom. The Kier molecular flexibility index (Phi) is 8.30. The van der Waals surface area contributed by atoms with Gasteiger partial charge in [0.2, 0.25) is 0 Å². The number of aliphatic carboxylic acids is 1. The number of nitrogens with two attached hydrogens (primary N) is 2. The van der Waals surface area contributed by atoms with Gasteiger partial charge in [-0.25, -0.2) is 9.59 Å². The third-order valence-electron chi connectivity index (χ3n) is 3.82. The summed E-state index contributed by atoms with van der Waals surface area (Å²) in [6.07, 6.45) is -0.690. The van der Waals surface area contributed by atoms with E-state index in [-0.39, 0.29) is 19.0 Å². The van der Waals surface area contributed by atoms with Gasteiger partial charge in [-0.15, -0.1) is 0 Å². The Morgan fingerprint density at radius 3 is 2.34 bits per heavy atom. The molecule has 0 heterocycles. The number of nitrogens with one attached hydrogen (secondary N) is 1. The van der Waals surface area contributed by atoms with Gasteiger partial charge in [-0.05, 0) is 23.3 Å². The molecule has 9 nitrogen and oxygen atoms in total. The quantitative estimate of drug-likeness (QED) is 0.266. The summed E-state index contributed by atoms with van der Waals surface area (Å²) in [5, 5.41) is 11.8. The monoisotopic (exact) mass is 400 g/mol. The van der Waals surface area contributed by atoms with Gasteiger partial charge in [-0.2, -0.15) is 0 Å². The highest BCUT2D eigenvalue weighted by molar-refractivity contribution is 5.80. The molecule has 29 heavy (non-hydrogen) atoms. The van der Waals surface area contributed by atoms with E-state index in [1.165, 1.54) is 0 Å². The number of carboxylic acids is 1. The molecule has 0 aliphatic carbocycles. The Morgan fingerprint density at radius 1 is 1.03 bits per heavy atom. The van der Waals surface area contributed by atoms with E-state index in [1.807, 2.05) is 30.3 Å². The van der Waals surface area contributed by atoms with E-state index in [1.54, 1.807) is 24.3 Å². The molecule has 0 aliphatic rings. The highest BCUT2D eigenvalue weighted by Crippen LogP contribution is 2.14. The maximum Gasteiger partial charge on any atom is 0.408 e. The Balaban J connectivity index is 1.83. The van der Waals surface area contributed by atoms with Crippen LogP contribution < -0.4 is 21.5 Å². The molecule has 0 spiro atoms. The fourth-order valence-electron chi connectivity index (χ4n) is 2.40. The molecule has 2 rings (SSSR count). The van der Waals surface area contributed by atoms with Crippen LogP contribution in [-0.2, 0) is 22.6 Å². The van der Waals surface area contributed by atoms with E-state index in [9.17, 15) is 14.7 Å². The van der Waals surface area contributed by atoms with Crippen molar-refractivity contribution in [2.24, 2.45) is 16.5 Å². The van der Waals surface area contributed by atoms with Crippen LogP contribution in [0.1, 0.15) is 11.1 Å². The van der Waals surface area contributed by atoms with Crippen LogP contribution in [0.2, 0.25) is 0 Å². The van der Waals surface area contributed by atoms with Crippen molar-refractivity contribution in [3.63, 3.8) is 0 Å². The molecule has 154 valence electrons. The van der Waals surface area contributed by atoms with Crippen molar-refractivity contribution >= 4 is 18.0 Å². The molecule has 1 amide bonds. The maximum atomic E-state index is 11.9. The number of benzene rings is 2. The van der Waals surface area contributed by atoms with Crippen LogP contribution in [0.3, 0.4) is 0 Å². The predicted molar refractivity (Wildman–Crippen MR) is 108 cm³/mol. The lowest BCUT2D eigenvalue weighted by atomic mass is 10.1. The molecule has 0 saturated carbocycles. The standard InChI is InChI=1S/C20H24N4O5/c21-19(22)23-10-11-28-16-8-6-14(7-9-16)12-17(18(25)26)24-20(27)29-13-15-4-2-1-3-5-15/h1-9,17H,10-13H2,(H,24,27)(H,25,26)(H4,21,22,23). The minimum atomic E-state index is -1.15. The van der Waals surface area contributed by atoms with Crippen molar-refractivity contribution in [1.29, 1.82) is 0 Å². The second-order valence-electron chi connectivity index (χ2n) is 6.10. The second-order valence-corrected chi connectivity index (χ2v) is 6.10. The summed E-state index contributed by atoms with van der Waals surface area (Å²) in [7, 11) is 0. The molecule has 2 aromatic rings. The predicted octanol–water partition coefficient (Wildman–Crippen LogP) is 1.26. The van der Waals surface area contributed by atoms with Crippen LogP contribution in [0.5, 0.6) is 5.75 Å². The van der Waals surface area contributed by atoms with E-state index >= 15 is 0 Å². The van der Waals surface area contributed by atoms with Crippen molar-refractivity contribution in [3.8, 4) is 5.75 Å². The lowest BCUT2D eigenvalue weighted by molar-refractivity contribution is -0.139. The molecule has 9 heteroatoms. The van der Waals surface area contributed by atoms with Crippen LogP contribution >= 0.6 is 0 Å². The van der Waals surface area contributed by atoms with Gasteiger partial charge in [0.05, 0.1) is 6.54 Å². The molecule has 0 aromatic heterocycles. The first-order valence-electron chi connectivity index (χ1n) is 8.91. The number of amides is 1. The van der Waals surface area contributed by atoms with Gasteiger partial charge in [0, 0.05) is 6.42 Å². The number of carbonyl (C=O) groups excluding carboxylic acids is 1. The van der Waals surface area contributed by atoms with Crippen LogP contribution in [-0.4, -0.2) is 42.3 Å². The number of hydrogen-bond donors (Lipinski definition) is 4. The molecule has 0 aliphatic heterocycles. The fraction of sp³-hybridized carbons (Fsp3) is 0.250. The van der Waals surface area contributed by atoms with Crippen molar-refractivity contribution in [2.75, 3.05) is 13.2 Å². The van der Waals surface area contributed by atoms with Crippen LogP contribution in [0.25, 0.3) is 0 Å². The first-order valence-corrected chi connectivity index (χ1v) is 8.91. The summed E-state index contributed by atoms with van der Waals surface area (Å²) in [5.74, 6) is -0.556. The number of ether oxygens (including phenoxy) is 2. The Bertz CT molecular complexity index is 821. The average Bonchev–Trinajstić information content (AvgIpc) is 2.71. The zero-order chi connectivity index (χ0) is 21.1. The van der Waals surface area contributed by atoms with Crippen molar-refractivity contribution in [2.45, 2.75) is 19.1 Å². The number of nitrogens with zero attached hydrogens (tertiary/aromatic N) is 1. The zero-order valence-corrected chi connectivity index (χ0v) is 15.8. The minimum Gasteiger partial charge on any atom is -0.492 e. The summed E-state index contributed by atoms with van der Waals surface area (Å²) in [4.78, 5) is 27.2. The third kappa shape index (κ3) is 8.21. The van der Waals surface area contributed by atoms with Crippen LogP contribution in [0, 0.1) is 0 Å². The van der Waals surface area contributed by atoms with Gasteiger partial charge in [-0.3, -0.25) is 4.99 Å². The SMILES string of the molecule is NC(N)=NCCOc1ccc(CC(NC(=O)OCc2ccccc2)C(=O)O)cc1. The number of carboxylic acid groups (broad SMARTS) is 1. The molecule has 0 fully saturated rings.